The monoisotopic (exact) mass is 343 g/mol. The predicted octanol–water partition coefficient (Wildman–Crippen LogP) is 5.05. The van der Waals surface area contributed by atoms with Crippen molar-refractivity contribution in [1.29, 1.82) is 0 Å². The third-order valence-corrected chi connectivity index (χ3v) is 5.53. The van der Waals surface area contributed by atoms with Crippen molar-refractivity contribution >= 4 is 15.9 Å². The minimum Gasteiger partial charge on any atom is -0.324 e. The van der Waals surface area contributed by atoms with Crippen LogP contribution in [-0.4, -0.2) is 5.54 Å². The lowest BCUT2D eigenvalue weighted by molar-refractivity contribution is 0.249. The smallest absolute Gasteiger partial charge is 0.0264 e. The maximum atomic E-state index is 6.92. The molecule has 0 saturated heterocycles. The van der Waals surface area contributed by atoms with Gasteiger partial charge in [-0.3, -0.25) is 0 Å². The first-order valence-electron chi connectivity index (χ1n) is 7.76. The van der Waals surface area contributed by atoms with Gasteiger partial charge in [0.05, 0.1) is 0 Å². The second kappa shape index (κ2) is 6.33. The lowest BCUT2D eigenvalue weighted by Gasteiger charge is -2.42. The van der Waals surface area contributed by atoms with Crippen molar-refractivity contribution < 1.29 is 0 Å². The van der Waals surface area contributed by atoms with Crippen LogP contribution in [0.25, 0.3) is 0 Å². The molecule has 2 aromatic carbocycles. The van der Waals surface area contributed by atoms with Crippen LogP contribution in [0.15, 0.2) is 59.1 Å². The minimum atomic E-state index is -0.135. The Hall–Kier alpha value is -1.12. The van der Waals surface area contributed by atoms with E-state index < -0.39 is 0 Å². The summed E-state index contributed by atoms with van der Waals surface area (Å²) in [6.07, 6.45) is 5.77. The lowest BCUT2D eigenvalue weighted by Crippen LogP contribution is -2.49. The predicted molar refractivity (Wildman–Crippen MR) is 92.4 cm³/mol. The van der Waals surface area contributed by atoms with Crippen molar-refractivity contribution in [2.75, 3.05) is 0 Å². The SMILES string of the molecule is NC1(Cc2ccccc2Br)CCCCC1c1ccccc1. The van der Waals surface area contributed by atoms with Gasteiger partial charge in [-0.2, -0.15) is 0 Å². The van der Waals surface area contributed by atoms with Crippen LogP contribution in [0, 0.1) is 0 Å². The topological polar surface area (TPSA) is 26.0 Å². The van der Waals surface area contributed by atoms with Crippen LogP contribution in [0.2, 0.25) is 0 Å². The average Bonchev–Trinajstić information content (AvgIpc) is 2.51. The Kier molecular flexibility index (Phi) is 4.46. The highest BCUT2D eigenvalue weighted by Gasteiger charge is 2.38. The van der Waals surface area contributed by atoms with Crippen LogP contribution >= 0.6 is 15.9 Å². The molecule has 0 radical (unpaired) electrons. The van der Waals surface area contributed by atoms with Gasteiger partial charge in [0.15, 0.2) is 0 Å². The normalized spacial score (nSPS) is 25.7. The molecule has 0 aromatic heterocycles. The third kappa shape index (κ3) is 3.22. The van der Waals surface area contributed by atoms with Gasteiger partial charge in [-0.05, 0) is 36.5 Å². The Morgan fingerprint density at radius 1 is 1.00 bits per heavy atom. The molecule has 0 aliphatic heterocycles. The Morgan fingerprint density at radius 2 is 1.71 bits per heavy atom. The molecule has 0 spiro atoms. The second-order valence-corrected chi connectivity index (χ2v) is 7.06. The summed E-state index contributed by atoms with van der Waals surface area (Å²) in [5.41, 5.74) is 9.50. The van der Waals surface area contributed by atoms with E-state index in [1.807, 2.05) is 0 Å². The molecule has 2 unspecified atom stereocenters. The number of halogens is 1. The van der Waals surface area contributed by atoms with Gasteiger partial charge in [0.1, 0.15) is 0 Å². The van der Waals surface area contributed by atoms with Gasteiger partial charge in [-0.15, -0.1) is 0 Å². The van der Waals surface area contributed by atoms with E-state index in [-0.39, 0.29) is 5.54 Å². The molecule has 2 N–H and O–H groups in total. The van der Waals surface area contributed by atoms with Gasteiger partial charge in [0.25, 0.3) is 0 Å². The molecule has 2 atom stereocenters. The number of rotatable bonds is 3. The zero-order valence-electron chi connectivity index (χ0n) is 12.3. The Labute approximate surface area is 135 Å². The summed E-state index contributed by atoms with van der Waals surface area (Å²) in [4.78, 5) is 0. The molecule has 1 fully saturated rings. The summed E-state index contributed by atoms with van der Waals surface area (Å²) in [7, 11) is 0. The van der Waals surface area contributed by atoms with Gasteiger partial charge < -0.3 is 5.73 Å². The van der Waals surface area contributed by atoms with Crippen molar-refractivity contribution in [2.45, 2.75) is 43.6 Å². The summed E-state index contributed by atoms with van der Waals surface area (Å²) < 4.78 is 1.17. The van der Waals surface area contributed by atoms with Gasteiger partial charge in [-0.25, -0.2) is 0 Å². The fourth-order valence-electron chi connectivity index (χ4n) is 3.66. The van der Waals surface area contributed by atoms with E-state index in [2.05, 4.69) is 70.5 Å². The van der Waals surface area contributed by atoms with Crippen molar-refractivity contribution in [2.24, 2.45) is 5.73 Å². The van der Waals surface area contributed by atoms with Crippen molar-refractivity contribution in [3.63, 3.8) is 0 Å². The molecular weight excluding hydrogens is 322 g/mol. The molecule has 0 heterocycles. The van der Waals surface area contributed by atoms with Crippen LogP contribution in [0.3, 0.4) is 0 Å². The van der Waals surface area contributed by atoms with E-state index in [0.29, 0.717) is 5.92 Å². The van der Waals surface area contributed by atoms with Gasteiger partial charge >= 0.3 is 0 Å². The Balaban J connectivity index is 1.91. The zero-order chi connectivity index (χ0) is 14.7. The van der Waals surface area contributed by atoms with E-state index in [1.165, 1.54) is 34.9 Å². The highest BCUT2D eigenvalue weighted by Crippen LogP contribution is 2.41. The van der Waals surface area contributed by atoms with E-state index >= 15 is 0 Å². The van der Waals surface area contributed by atoms with E-state index in [9.17, 15) is 0 Å². The van der Waals surface area contributed by atoms with Crippen LogP contribution in [0.4, 0.5) is 0 Å². The first-order valence-corrected chi connectivity index (χ1v) is 8.55. The van der Waals surface area contributed by atoms with Crippen LogP contribution < -0.4 is 5.73 Å². The quantitative estimate of drug-likeness (QED) is 0.829. The first-order chi connectivity index (χ1) is 10.2. The molecule has 21 heavy (non-hydrogen) atoms. The molecule has 0 amide bonds. The maximum Gasteiger partial charge on any atom is 0.0264 e. The van der Waals surface area contributed by atoms with E-state index in [1.54, 1.807) is 0 Å². The number of nitrogens with two attached hydrogens (primary N) is 1. The summed E-state index contributed by atoms with van der Waals surface area (Å²) >= 11 is 3.67. The lowest BCUT2D eigenvalue weighted by atomic mass is 9.67. The second-order valence-electron chi connectivity index (χ2n) is 6.21. The number of hydrogen-bond acceptors (Lipinski definition) is 1. The van der Waals surface area contributed by atoms with Crippen LogP contribution in [0.1, 0.15) is 42.7 Å². The Bertz CT molecular complexity index is 596. The summed E-state index contributed by atoms with van der Waals surface area (Å²) in [6.45, 7) is 0. The fraction of sp³-hybridized carbons (Fsp3) is 0.368. The van der Waals surface area contributed by atoms with Crippen LogP contribution in [0.5, 0.6) is 0 Å². The summed E-state index contributed by atoms with van der Waals surface area (Å²) in [5, 5.41) is 0. The zero-order valence-corrected chi connectivity index (χ0v) is 13.9. The van der Waals surface area contributed by atoms with Gasteiger partial charge in [0.2, 0.25) is 0 Å². The number of hydrogen-bond donors (Lipinski definition) is 1. The van der Waals surface area contributed by atoms with E-state index in [4.69, 9.17) is 5.73 Å². The molecule has 0 bridgehead atoms. The molecule has 1 aliphatic carbocycles. The van der Waals surface area contributed by atoms with Gasteiger partial charge in [-0.1, -0.05) is 77.3 Å². The fourth-order valence-corrected chi connectivity index (χ4v) is 4.08. The molecule has 1 saturated carbocycles. The molecule has 2 heteroatoms. The average molecular weight is 344 g/mol. The molecule has 1 aliphatic rings. The number of benzene rings is 2. The molecular formula is C19H22BrN. The largest absolute Gasteiger partial charge is 0.324 e. The summed E-state index contributed by atoms with van der Waals surface area (Å²) in [6, 6.07) is 19.3. The standard InChI is InChI=1S/C19H22BrN/c20-18-12-5-4-10-16(18)14-19(21)13-7-6-11-17(19)15-8-2-1-3-9-15/h1-5,8-10,12,17H,6-7,11,13-14,21H2. The highest BCUT2D eigenvalue weighted by molar-refractivity contribution is 9.10. The third-order valence-electron chi connectivity index (χ3n) is 4.76. The van der Waals surface area contributed by atoms with Crippen molar-refractivity contribution in [3.8, 4) is 0 Å². The first kappa shape index (κ1) is 14.8. The molecule has 1 nitrogen and oxygen atoms in total. The van der Waals surface area contributed by atoms with Crippen molar-refractivity contribution in [1.82, 2.24) is 0 Å². The molecule has 2 aromatic rings. The van der Waals surface area contributed by atoms with Crippen molar-refractivity contribution in [3.05, 3.63) is 70.2 Å². The van der Waals surface area contributed by atoms with Gasteiger partial charge in [0, 0.05) is 15.9 Å². The van der Waals surface area contributed by atoms with E-state index in [0.717, 1.165) is 12.8 Å². The Morgan fingerprint density at radius 3 is 2.48 bits per heavy atom. The molecule has 110 valence electrons. The molecule has 3 rings (SSSR count). The minimum absolute atomic E-state index is 0.135. The summed E-state index contributed by atoms with van der Waals surface area (Å²) in [5.74, 6) is 0.458. The highest BCUT2D eigenvalue weighted by atomic mass is 79.9. The van der Waals surface area contributed by atoms with Crippen LogP contribution in [-0.2, 0) is 6.42 Å². The maximum absolute atomic E-state index is 6.92.